The molecule has 2 N–H and O–H groups in total. The average Bonchev–Trinajstić information content (AvgIpc) is 3.48. The lowest BCUT2D eigenvalue weighted by atomic mass is 9.74. The van der Waals surface area contributed by atoms with Gasteiger partial charge in [0.1, 0.15) is 17.0 Å². The second kappa shape index (κ2) is 8.61. The van der Waals surface area contributed by atoms with Crippen LogP contribution in [0.4, 0.5) is 8.78 Å². The van der Waals surface area contributed by atoms with Crippen molar-refractivity contribution in [2.24, 2.45) is 5.73 Å². The Morgan fingerprint density at radius 3 is 2.71 bits per heavy atom. The van der Waals surface area contributed by atoms with Gasteiger partial charge in [-0.2, -0.15) is 0 Å². The monoisotopic (exact) mass is 479 g/mol. The minimum atomic E-state index is -1.20. The number of ether oxygens (including phenoxy) is 1. The fourth-order valence-corrected chi connectivity index (χ4v) is 4.74. The highest BCUT2D eigenvalue weighted by Gasteiger charge is 2.46. The van der Waals surface area contributed by atoms with Crippen molar-refractivity contribution in [3.8, 4) is 28.5 Å². The number of methoxy groups -OCH3 is 1. The van der Waals surface area contributed by atoms with E-state index in [4.69, 9.17) is 14.9 Å². The minimum Gasteiger partial charge on any atom is -0.496 e. The molecular weight excluding hydrogens is 456 g/mol. The minimum absolute atomic E-state index is 0.0881. The number of aryl methyl sites for hydroxylation is 1. The summed E-state index contributed by atoms with van der Waals surface area (Å²) in [6.07, 6.45) is 2.78. The second-order valence-corrected chi connectivity index (χ2v) is 8.63. The van der Waals surface area contributed by atoms with Gasteiger partial charge in [-0.15, -0.1) is 10.2 Å². The van der Waals surface area contributed by atoms with Crippen molar-refractivity contribution < 1.29 is 22.7 Å². The van der Waals surface area contributed by atoms with Crippen LogP contribution in [-0.4, -0.2) is 32.8 Å². The summed E-state index contributed by atoms with van der Waals surface area (Å²) in [6, 6.07) is 9.12. The van der Waals surface area contributed by atoms with Gasteiger partial charge in [0.05, 0.1) is 18.9 Å². The zero-order valence-corrected chi connectivity index (χ0v) is 19.2. The van der Waals surface area contributed by atoms with Gasteiger partial charge in [0.25, 0.3) is 0 Å². The van der Waals surface area contributed by atoms with Crippen LogP contribution in [0.3, 0.4) is 0 Å². The highest BCUT2D eigenvalue weighted by molar-refractivity contribution is 5.86. The van der Waals surface area contributed by atoms with E-state index in [0.717, 1.165) is 23.3 Å². The number of hydrogen-bond acceptors (Lipinski definition) is 6. The zero-order chi connectivity index (χ0) is 24.7. The molecule has 1 aliphatic rings. The van der Waals surface area contributed by atoms with Crippen LogP contribution in [0, 0.1) is 18.6 Å². The summed E-state index contributed by atoms with van der Waals surface area (Å²) >= 11 is 0. The summed E-state index contributed by atoms with van der Waals surface area (Å²) in [5.74, 6) is 0.127. The van der Waals surface area contributed by atoms with Gasteiger partial charge in [0.15, 0.2) is 29.1 Å². The Morgan fingerprint density at radius 2 is 2.03 bits per heavy atom. The highest BCUT2D eigenvalue weighted by Crippen LogP contribution is 2.40. The number of carbonyl (C=O) groups excluding carboxylic acids is 1. The van der Waals surface area contributed by atoms with Crippen molar-refractivity contribution in [2.75, 3.05) is 7.11 Å². The van der Waals surface area contributed by atoms with Gasteiger partial charge in [0, 0.05) is 19.0 Å². The molecular formula is C25H23F2N5O3. The number of fused-ring (bicyclic) bond motifs is 1. The number of hydrogen-bond donors (Lipinski definition) is 1. The molecule has 0 aliphatic carbocycles. The fraction of sp³-hybridized carbons (Fsp3) is 0.280. The van der Waals surface area contributed by atoms with Crippen molar-refractivity contribution in [3.63, 3.8) is 0 Å². The standard InChI is InChI=1S/C25H23F2N5O3/c1-14-29-13-21(35-14)17-6-5-16(11-20(17)34-2)22-30-31-24-25(23(28)33,8-3-9-32(22)24)12-15-4-7-18(26)19(27)10-15/h4-7,10-11,13H,3,8-9,12H2,1-2H3,(H2,28,33). The van der Waals surface area contributed by atoms with E-state index in [1.165, 1.54) is 6.07 Å². The molecule has 10 heteroatoms. The van der Waals surface area contributed by atoms with Crippen molar-refractivity contribution >= 4 is 5.91 Å². The van der Waals surface area contributed by atoms with E-state index in [1.807, 2.05) is 22.8 Å². The molecule has 2 aromatic carbocycles. The third-order valence-electron chi connectivity index (χ3n) is 6.47. The lowest BCUT2D eigenvalue weighted by Gasteiger charge is -2.34. The number of benzene rings is 2. The van der Waals surface area contributed by atoms with Crippen molar-refractivity contribution in [1.29, 1.82) is 0 Å². The molecule has 180 valence electrons. The number of oxazole rings is 1. The average molecular weight is 479 g/mol. The maximum Gasteiger partial charge on any atom is 0.231 e. The highest BCUT2D eigenvalue weighted by atomic mass is 19.2. The number of primary amides is 1. The molecule has 0 saturated carbocycles. The molecule has 0 radical (unpaired) electrons. The summed E-state index contributed by atoms with van der Waals surface area (Å²) in [7, 11) is 1.56. The van der Waals surface area contributed by atoms with Gasteiger partial charge in [-0.3, -0.25) is 4.79 Å². The van der Waals surface area contributed by atoms with E-state index in [0.29, 0.717) is 54.0 Å². The largest absolute Gasteiger partial charge is 0.496 e. The molecule has 35 heavy (non-hydrogen) atoms. The predicted molar refractivity (Wildman–Crippen MR) is 122 cm³/mol. The van der Waals surface area contributed by atoms with Gasteiger partial charge in [-0.05, 0) is 49.1 Å². The predicted octanol–water partition coefficient (Wildman–Crippen LogP) is 3.95. The number of amides is 1. The van der Waals surface area contributed by atoms with Crippen LogP contribution in [0.25, 0.3) is 22.7 Å². The molecule has 4 aromatic rings. The molecule has 3 heterocycles. The molecule has 1 atom stereocenters. The van der Waals surface area contributed by atoms with Crippen molar-refractivity contribution in [3.05, 3.63) is 71.5 Å². The second-order valence-electron chi connectivity index (χ2n) is 8.63. The molecule has 0 bridgehead atoms. The zero-order valence-electron chi connectivity index (χ0n) is 19.2. The Hall–Kier alpha value is -4.08. The molecule has 8 nitrogen and oxygen atoms in total. The Balaban J connectivity index is 1.56. The van der Waals surface area contributed by atoms with Gasteiger partial charge in [-0.1, -0.05) is 12.1 Å². The molecule has 1 unspecified atom stereocenters. The first-order chi connectivity index (χ1) is 16.8. The Kier molecular flexibility index (Phi) is 5.58. The first kappa shape index (κ1) is 22.7. The normalized spacial score (nSPS) is 17.3. The Labute approximate surface area is 199 Å². The first-order valence-electron chi connectivity index (χ1n) is 11.1. The fourth-order valence-electron chi connectivity index (χ4n) is 4.74. The number of nitrogens with zero attached hydrogens (tertiary/aromatic N) is 4. The van der Waals surface area contributed by atoms with Crippen molar-refractivity contribution in [2.45, 2.75) is 38.1 Å². The lowest BCUT2D eigenvalue weighted by Crippen LogP contribution is -2.47. The maximum absolute atomic E-state index is 13.9. The van der Waals surface area contributed by atoms with Gasteiger partial charge in [0.2, 0.25) is 5.91 Å². The van der Waals surface area contributed by atoms with Crippen LogP contribution in [0.5, 0.6) is 5.75 Å². The topological polar surface area (TPSA) is 109 Å². The van der Waals surface area contributed by atoms with E-state index in [9.17, 15) is 13.6 Å². The van der Waals surface area contributed by atoms with Crippen LogP contribution in [0.2, 0.25) is 0 Å². The molecule has 0 fully saturated rings. The Bertz CT molecular complexity index is 1430. The molecule has 1 amide bonds. The summed E-state index contributed by atoms with van der Waals surface area (Å²) in [6.45, 7) is 2.34. The molecule has 5 rings (SSSR count). The van der Waals surface area contributed by atoms with E-state index >= 15 is 0 Å². The Morgan fingerprint density at radius 1 is 1.20 bits per heavy atom. The summed E-state index contributed by atoms with van der Waals surface area (Å²) in [5, 5.41) is 8.74. The van der Waals surface area contributed by atoms with Gasteiger partial charge >= 0.3 is 0 Å². The quantitative estimate of drug-likeness (QED) is 0.449. The van der Waals surface area contributed by atoms with E-state index < -0.39 is 23.0 Å². The number of nitrogens with two attached hydrogens (primary N) is 1. The molecule has 0 saturated heterocycles. The third kappa shape index (κ3) is 3.84. The lowest BCUT2D eigenvalue weighted by molar-refractivity contribution is -0.124. The smallest absolute Gasteiger partial charge is 0.231 e. The van der Waals surface area contributed by atoms with E-state index in [2.05, 4.69) is 15.2 Å². The number of aromatic nitrogens is 4. The number of rotatable bonds is 6. The van der Waals surface area contributed by atoms with E-state index in [1.54, 1.807) is 20.2 Å². The summed E-state index contributed by atoms with van der Waals surface area (Å²) in [5.41, 5.74) is 6.61. The van der Waals surface area contributed by atoms with Crippen LogP contribution in [0.15, 0.2) is 47.0 Å². The van der Waals surface area contributed by atoms with Crippen LogP contribution in [0.1, 0.15) is 30.1 Å². The number of carbonyl (C=O) groups is 1. The number of halogens is 2. The molecule has 0 spiro atoms. The summed E-state index contributed by atoms with van der Waals surface area (Å²) < 4.78 is 40.4. The molecule has 2 aromatic heterocycles. The third-order valence-corrected chi connectivity index (χ3v) is 6.47. The van der Waals surface area contributed by atoms with Gasteiger partial charge < -0.3 is 19.5 Å². The maximum atomic E-state index is 13.9. The van der Waals surface area contributed by atoms with Crippen LogP contribution < -0.4 is 10.5 Å². The SMILES string of the molecule is COc1cc(-c2nnc3n2CCCC3(Cc2ccc(F)c(F)c2)C(N)=O)ccc1-c1cnc(C)o1. The van der Waals surface area contributed by atoms with Crippen molar-refractivity contribution in [1.82, 2.24) is 19.7 Å². The first-order valence-corrected chi connectivity index (χ1v) is 11.1. The van der Waals surface area contributed by atoms with E-state index in [-0.39, 0.29) is 6.42 Å². The van der Waals surface area contributed by atoms with Gasteiger partial charge in [-0.25, -0.2) is 13.8 Å². The van der Waals surface area contributed by atoms with Crippen LogP contribution >= 0.6 is 0 Å². The molecule has 1 aliphatic heterocycles. The van der Waals surface area contributed by atoms with Crippen LogP contribution in [-0.2, 0) is 23.2 Å². The summed E-state index contributed by atoms with van der Waals surface area (Å²) in [4.78, 5) is 16.9.